The van der Waals surface area contributed by atoms with Crippen molar-refractivity contribution in [3.8, 4) is 0 Å². The first-order chi connectivity index (χ1) is 9.06. The van der Waals surface area contributed by atoms with Crippen LogP contribution in [0.15, 0.2) is 6.33 Å². The molecule has 1 aliphatic carbocycles. The lowest BCUT2D eigenvalue weighted by Gasteiger charge is -2.21. The van der Waals surface area contributed by atoms with E-state index in [0.29, 0.717) is 16.9 Å². The zero-order valence-electron chi connectivity index (χ0n) is 11.7. The summed E-state index contributed by atoms with van der Waals surface area (Å²) in [7, 11) is 0. The summed E-state index contributed by atoms with van der Waals surface area (Å²) in [5.74, 6) is 1.62. The summed E-state index contributed by atoms with van der Waals surface area (Å²) >= 11 is 4.97. The molecule has 0 aliphatic heterocycles. The van der Waals surface area contributed by atoms with E-state index in [1.807, 2.05) is 4.68 Å². The molecule has 19 heavy (non-hydrogen) atoms. The zero-order valence-corrected chi connectivity index (χ0v) is 12.6. The Balaban J connectivity index is 1.96. The topological polar surface area (TPSA) is 60.0 Å². The third-order valence-corrected chi connectivity index (χ3v) is 3.49. The first-order valence-electron chi connectivity index (χ1n) is 6.95. The third kappa shape index (κ3) is 4.54. The second-order valence-electron chi connectivity index (χ2n) is 5.67. The SMILES string of the molecule is CC(C)Cn1ncnc1CN(CCC(N)=S)C1CC1. The van der Waals surface area contributed by atoms with E-state index < -0.39 is 0 Å². The molecule has 2 N–H and O–H groups in total. The van der Waals surface area contributed by atoms with Crippen molar-refractivity contribution in [2.75, 3.05) is 6.54 Å². The highest BCUT2D eigenvalue weighted by Gasteiger charge is 2.29. The molecule has 1 fully saturated rings. The maximum atomic E-state index is 5.60. The van der Waals surface area contributed by atoms with Gasteiger partial charge in [-0.3, -0.25) is 4.90 Å². The van der Waals surface area contributed by atoms with Gasteiger partial charge < -0.3 is 5.73 Å². The highest BCUT2D eigenvalue weighted by atomic mass is 32.1. The molecule has 1 heterocycles. The highest BCUT2D eigenvalue weighted by molar-refractivity contribution is 7.80. The molecule has 6 heteroatoms. The largest absolute Gasteiger partial charge is 0.393 e. The summed E-state index contributed by atoms with van der Waals surface area (Å²) in [5.41, 5.74) is 5.60. The van der Waals surface area contributed by atoms with Gasteiger partial charge in [0.05, 0.1) is 11.5 Å². The first-order valence-corrected chi connectivity index (χ1v) is 7.36. The van der Waals surface area contributed by atoms with E-state index in [4.69, 9.17) is 18.0 Å². The summed E-state index contributed by atoms with van der Waals surface area (Å²) in [5, 5.41) is 4.31. The fourth-order valence-corrected chi connectivity index (χ4v) is 2.27. The van der Waals surface area contributed by atoms with Crippen LogP contribution in [0.2, 0.25) is 0 Å². The Morgan fingerprint density at radius 1 is 1.58 bits per heavy atom. The normalized spacial score (nSPS) is 15.4. The Morgan fingerprint density at radius 2 is 2.32 bits per heavy atom. The van der Waals surface area contributed by atoms with Gasteiger partial charge in [0.2, 0.25) is 0 Å². The molecule has 2 rings (SSSR count). The van der Waals surface area contributed by atoms with Crippen LogP contribution in [0.4, 0.5) is 0 Å². The van der Waals surface area contributed by atoms with Gasteiger partial charge >= 0.3 is 0 Å². The van der Waals surface area contributed by atoms with Crippen LogP contribution < -0.4 is 5.73 Å². The predicted octanol–water partition coefficient (Wildman–Crippen LogP) is 1.57. The molecule has 0 aromatic carbocycles. The molecule has 0 spiro atoms. The summed E-state index contributed by atoms with van der Waals surface area (Å²) in [6, 6.07) is 0.679. The van der Waals surface area contributed by atoms with Crippen LogP contribution in [0.5, 0.6) is 0 Å². The Bertz CT molecular complexity index is 424. The van der Waals surface area contributed by atoms with E-state index in [1.54, 1.807) is 6.33 Å². The maximum absolute atomic E-state index is 5.60. The van der Waals surface area contributed by atoms with Crippen LogP contribution in [0.1, 0.15) is 38.9 Å². The van der Waals surface area contributed by atoms with E-state index in [-0.39, 0.29) is 0 Å². The van der Waals surface area contributed by atoms with Gasteiger partial charge in [-0.2, -0.15) is 5.10 Å². The zero-order chi connectivity index (χ0) is 13.8. The van der Waals surface area contributed by atoms with Crippen LogP contribution >= 0.6 is 12.2 Å². The molecule has 0 atom stereocenters. The second kappa shape index (κ2) is 6.43. The molecule has 1 aromatic heterocycles. The number of aromatic nitrogens is 3. The number of nitrogens with two attached hydrogens (primary N) is 1. The smallest absolute Gasteiger partial charge is 0.141 e. The minimum Gasteiger partial charge on any atom is -0.393 e. The van der Waals surface area contributed by atoms with Gasteiger partial charge in [-0.05, 0) is 18.8 Å². The van der Waals surface area contributed by atoms with Crippen LogP contribution in [-0.4, -0.2) is 37.2 Å². The Labute approximate surface area is 120 Å². The minimum atomic E-state index is 0.575. The quantitative estimate of drug-likeness (QED) is 0.733. The van der Waals surface area contributed by atoms with Crippen molar-refractivity contribution in [3.63, 3.8) is 0 Å². The minimum absolute atomic E-state index is 0.575. The number of thiocarbonyl (C=S) groups is 1. The average Bonchev–Trinajstić information content (AvgIpc) is 3.08. The maximum Gasteiger partial charge on any atom is 0.141 e. The molecule has 1 aliphatic rings. The van der Waals surface area contributed by atoms with Gasteiger partial charge in [-0.1, -0.05) is 26.1 Å². The number of hydrogen-bond donors (Lipinski definition) is 1. The summed E-state index contributed by atoms with van der Waals surface area (Å²) in [6.07, 6.45) is 4.98. The third-order valence-electron chi connectivity index (χ3n) is 3.29. The molecular weight excluding hydrogens is 258 g/mol. The van der Waals surface area contributed by atoms with Crippen molar-refractivity contribution in [3.05, 3.63) is 12.2 Å². The van der Waals surface area contributed by atoms with E-state index in [2.05, 4.69) is 28.8 Å². The first kappa shape index (κ1) is 14.4. The predicted molar refractivity (Wildman–Crippen MR) is 79.7 cm³/mol. The number of nitrogens with zero attached hydrogens (tertiary/aromatic N) is 4. The second-order valence-corrected chi connectivity index (χ2v) is 6.19. The lowest BCUT2D eigenvalue weighted by molar-refractivity contribution is 0.248. The van der Waals surface area contributed by atoms with Crippen molar-refractivity contribution in [2.45, 2.75) is 52.2 Å². The van der Waals surface area contributed by atoms with E-state index in [9.17, 15) is 0 Å². The van der Waals surface area contributed by atoms with Gasteiger partial charge in [-0.25, -0.2) is 9.67 Å². The molecule has 0 saturated heterocycles. The number of rotatable bonds is 8. The molecule has 1 saturated carbocycles. The molecular formula is C13H23N5S. The lowest BCUT2D eigenvalue weighted by Crippen LogP contribution is -2.31. The Kier molecular flexibility index (Phi) is 4.87. The lowest BCUT2D eigenvalue weighted by atomic mass is 10.2. The highest BCUT2D eigenvalue weighted by Crippen LogP contribution is 2.28. The summed E-state index contributed by atoms with van der Waals surface area (Å²) in [6.45, 7) is 7.08. The molecule has 5 nitrogen and oxygen atoms in total. The standard InChI is InChI=1S/C13H23N5S/c1-10(2)7-18-13(15-9-16-18)8-17(11-3-4-11)6-5-12(14)19/h9-11H,3-8H2,1-2H3,(H2,14,19). The molecule has 0 amide bonds. The van der Waals surface area contributed by atoms with Crippen LogP contribution in [0.3, 0.4) is 0 Å². The average molecular weight is 281 g/mol. The fourth-order valence-electron chi connectivity index (χ4n) is 2.17. The summed E-state index contributed by atoms with van der Waals surface area (Å²) < 4.78 is 2.01. The van der Waals surface area contributed by atoms with Crippen LogP contribution in [0.25, 0.3) is 0 Å². The van der Waals surface area contributed by atoms with Crippen molar-refractivity contribution in [1.29, 1.82) is 0 Å². The van der Waals surface area contributed by atoms with Crippen LogP contribution in [0, 0.1) is 5.92 Å². The van der Waals surface area contributed by atoms with Crippen molar-refractivity contribution in [1.82, 2.24) is 19.7 Å². The van der Waals surface area contributed by atoms with Crippen molar-refractivity contribution in [2.24, 2.45) is 11.7 Å². The molecule has 0 radical (unpaired) electrons. The van der Waals surface area contributed by atoms with Gasteiger partial charge in [-0.15, -0.1) is 0 Å². The number of hydrogen-bond acceptors (Lipinski definition) is 4. The van der Waals surface area contributed by atoms with Gasteiger partial charge in [0.1, 0.15) is 12.2 Å². The molecule has 0 bridgehead atoms. The van der Waals surface area contributed by atoms with Crippen molar-refractivity contribution >= 4 is 17.2 Å². The monoisotopic (exact) mass is 281 g/mol. The van der Waals surface area contributed by atoms with E-state index in [0.717, 1.165) is 31.9 Å². The Morgan fingerprint density at radius 3 is 2.89 bits per heavy atom. The Hall–Kier alpha value is -1.01. The molecule has 106 valence electrons. The van der Waals surface area contributed by atoms with Gasteiger partial charge in [0.15, 0.2) is 0 Å². The van der Waals surface area contributed by atoms with E-state index in [1.165, 1.54) is 12.8 Å². The molecule has 1 aromatic rings. The summed E-state index contributed by atoms with van der Waals surface area (Å²) in [4.78, 5) is 7.41. The fraction of sp³-hybridized carbons (Fsp3) is 0.769. The van der Waals surface area contributed by atoms with Gasteiger partial charge in [0, 0.05) is 25.6 Å². The van der Waals surface area contributed by atoms with Crippen LogP contribution in [-0.2, 0) is 13.1 Å². The van der Waals surface area contributed by atoms with Crippen molar-refractivity contribution < 1.29 is 0 Å². The van der Waals surface area contributed by atoms with Gasteiger partial charge in [0.25, 0.3) is 0 Å². The molecule has 0 unspecified atom stereocenters. The van der Waals surface area contributed by atoms with E-state index >= 15 is 0 Å².